The van der Waals surface area contributed by atoms with Crippen molar-refractivity contribution in [2.75, 3.05) is 6.54 Å². The van der Waals surface area contributed by atoms with Gasteiger partial charge >= 0.3 is 0 Å². The molecule has 0 aliphatic rings. The molecule has 0 heterocycles. The van der Waals surface area contributed by atoms with E-state index in [1.165, 1.54) is 27.8 Å². The molecule has 0 fully saturated rings. The summed E-state index contributed by atoms with van der Waals surface area (Å²) in [6, 6.07) is 15.6. The molecule has 0 aliphatic carbocycles. The zero-order chi connectivity index (χ0) is 13.8. The molecule has 0 saturated heterocycles. The fourth-order valence-electron chi connectivity index (χ4n) is 2.25. The third-order valence-electron chi connectivity index (χ3n) is 3.88. The summed E-state index contributed by atoms with van der Waals surface area (Å²) in [4.78, 5) is 0. The lowest BCUT2D eigenvalue weighted by Gasteiger charge is -2.10. The van der Waals surface area contributed by atoms with Crippen LogP contribution < -0.4 is 5.73 Å². The Kier molecular flexibility index (Phi) is 4.39. The molecule has 0 aromatic heterocycles. The Hall–Kier alpha value is -1.60. The maximum absolute atomic E-state index is 5.70. The molecule has 1 nitrogen and oxygen atoms in total. The minimum Gasteiger partial charge on any atom is -0.330 e. The molecule has 100 valence electrons. The standard InChI is InChI=1S/C18H23N/c1-13-4-5-17(10-14(13)2)11-16-6-8-18(9-7-16)15(3)12-19/h4-10,15H,11-12,19H2,1-3H3. The second-order valence-electron chi connectivity index (χ2n) is 5.47. The fourth-order valence-corrected chi connectivity index (χ4v) is 2.25. The van der Waals surface area contributed by atoms with Crippen molar-refractivity contribution in [1.29, 1.82) is 0 Å². The van der Waals surface area contributed by atoms with Crippen LogP contribution in [0.2, 0.25) is 0 Å². The van der Waals surface area contributed by atoms with E-state index < -0.39 is 0 Å². The summed E-state index contributed by atoms with van der Waals surface area (Å²) >= 11 is 0. The van der Waals surface area contributed by atoms with Crippen LogP contribution in [0, 0.1) is 13.8 Å². The van der Waals surface area contributed by atoms with Crippen LogP contribution in [0.3, 0.4) is 0 Å². The first-order valence-corrected chi connectivity index (χ1v) is 6.95. The largest absolute Gasteiger partial charge is 0.330 e. The quantitative estimate of drug-likeness (QED) is 0.877. The molecule has 0 spiro atoms. The van der Waals surface area contributed by atoms with Crippen LogP contribution in [-0.2, 0) is 6.42 Å². The topological polar surface area (TPSA) is 26.0 Å². The van der Waals surface area contributed by atoms with Crippen LogP contribution in [-0.4, -0.2) is 6.54 Å². The molecular weight excluding hydrogens is 230 g/mol. The van der Waals surface area contributed by atoms with Crippen molar-refractivity contribution in [2.24, 2.45) is 5.73 Å². The number of aryl methyl sites for hydroxylation is 2. The van der Waals surface area contributed by atoms with Gasteiger partial charge in [0.05, 0.1) is 0 Å². The van der Waals surface area contributed by atoms with E-state index in [1.807, 2.05) is 0 Å². The lowest BCUT2D eigenvalue weighted by Crippen LogP contribution is -2.08. The fraction of sp³-hybridized carbons (Fsp3) is 0.333. The van der Waals surface area contributed by atoms with Crippen LogP contribution >= 0.6 is 0 Å². The average molecular weight is 253 g/mol. The van der Waals surface area contributed by atoms with Crippen LogP contribution in [0.25, 0.3) is 0 Å². The van der Waals surface area contributed by atoms with Crippen molar-refractivity contribution in [2.45, 2.75) is 33.1 Å². The molecule has 0 saturated carbocycles. The Labute approximate surface area is 116 Å². The number of nitrogens with two attached hydrogens (primary N) is 1. The van der Waals surface area contributed by atoms with E-state index in [4.69, 9.17) is 5.73 Å². The van der Waals surface area contributed by atoms with Crippen molar-refractivity contribution in [3.05, 3.63) is 70.3 Å². The monoisotopic (exact) mass is 253 g/mol. The highest BCUT2D eigenvalue weighted by Crippen LogP contribution is 2.18. The van der Waals surface area contributed by atoms with E-state index in [-0.39, 0.29) is 0 Å². The van der Waals surface area contributed by atoms with Crippen molar-refractivity contribution < 1.29 is 0 Å². The van der Waals surface area contributed by atoms with Gasteiger partial charge in [-0.25, -0.2) is 0 Å². The second kappa shape index (κ2) is 6.03. The van der Waals surface area contributed by atoms with Crippen LogP contribution in [0.4, 0.5) is 0 Å². The molecule has 1 atom stereocenters. The normalized spacial score (nSPS) is 12.4. The Balaban J connectivity index is 2.12. The average Bonchev–Trinajstić information content (AvgIpc) is 2.43. The molecular formula is C18H23N. The summed E-state index contributed by atoms with van der Waals surface area (Å²) < 4.78 is 0. The van der Waals surface area contributed by atoms with Crippen LogP contribution in [0.15, 0.2) is 42.5 Å². The summed E-state index contributed by atoms with van der Waals surface area (Å²) in [5.41, 5.74) is 12.5. The predicted molar refractivity (Wildman–Crippen MR) is 82.6 cm³/mol. The maximum atomic E-state index is 5.70. The molecule has 1 heteroatoms. The second-order valence-corrected chi connectivity index (χ2v) is 5.47. The van der Waals surface area contributed by atoms with E-state index in [0.717, 1.165) is 6.42 Å². The van der Waals surface area contributed by atoms with Crippen LogP contribution in [0.5, 0.6) is 0 Å². The van der Waals surface area contributed by atoms with Gasteiger partial charge in [0.1, 0.15) is 0 Å². The summed E-state index contributed by atoms with van der Waals surface area (Å²) in [6.07, 6.45) is 0.998. The number of benzene rings is 2. The first-order valence-electron chi connectivity index (χ1n) is 6.95. The third kappa shape index (κ3) is 3.45. The highest BCUT2D eigenvalue weighted by molar-refractivity contribution is 5.34. The Morgan fingerprint density at radius 3 is 2.11 bits per heavy atom. The van der Waals surface area contributed by atoms with Gasteiger partial charge in [0, 0.05) is 0 Å². The summed E-state index contributed by atoms with van der Waals surface area (Å²) in [5.74, 6) is 0.440. The van der Waals surface area contributed by atoms with Gasteiger partial charge in [0.25, 0.3) is 0 Å². The molecule has 1 unspecified atom stereocenters. The van der Waals surface area contributed by atoms with E-state index in [1.54, 1.807) is 0 Å². The molecule has 19 heavy (non-hydrogen) atoms. The third-order valence-corrected chi connectivity index (χ3v) is 3.88. The molecule has 2 aromatic carbocycles. The van der Waals surface area contributed by atoms with Gasteiger partial charge in [-0.3, -0.25) is 0 Å². The first kappa shape index (κ1) is 13.8. The predicted octanol–water partition coefficient (Wildman–Crippen LogP) is 3.96. The smallest absolute Gasteiger partial charge is 0.00109 e. The van der Waals surface area contributed by atoms with Crippen molar-refractivity contribution in [1.82, 2.24) is 0 Å². The Morgan fingerprint density at radius 1 is 0.895 bits per heavy atom. The first-order chi connectivity index (χ1) is 9.10. The summed E-state index contributed by atoms with van der Waals surface area (Å²) in [7, 11) is 0. The highest BCUT2D eigenvalue weighted by Gasteiger charge is 2.03. The Morgan fingerprint density at radius 2 is 1.53 bits per heavy atom. The summed E-state index contributed by atoms with van der Waals surface area (Å²) in [5, 5.41) is 0. The zero-order valence-electron chi connectivity index (χ0n) is 12.1. The molecule has 2 rings (SSSR count). The zero-order valence-corrected chi connectivity index (χ0v) is 12.1. The molecule has 0 bridgehead atoms. The maximum Gasteiger partial charge on any atom is -0.00109 e. The van der Waals surface area contributed by atoms with E-state index >= 15 is 0 Å². The van der Waals surface area contributed by atoms with E-state index in [0.29, 0.717) is 12.5 Å². The number of hydrogen-bond donors (Lipinski definition) is 1. The minimum absolute atomic E-state index is 0.440. The van der Waals surface area contributed by atoms with Gasteiger partial charge in [0.2, 0.25) is 0 Å². The van der Waals surface area contributed by atoms with Crippen LogP contribution in [0.1, 0.15) is 40.7 Å². The Bertz CT molecular complexity index is 540. The van der Waals surface area contributed by atoms with Gasteiger partial charge in [-0.05, 0) is 60.5 Å². The van der Waals surface area contributed by atoms with Gasteiger partial charge in [-0.1, -0.05) is 49.4 Å². The van der Waals surface area contributed by atoms with Crippen molar-refractivity contribution in [3.63, 3.8) is 0 Å². The lowest BCUT2D eigenvalue weighted by molar-refractivity contribution is 0.773. The lowest BCUT2D eigenvalue weighted by atomic mass is 9.96. The summed E-state index contributed by atoms with van der Waals surface area (Å²) in [6.45, 7) is 7.20. The van der Waals surface area contributed by atoms with Gasteiger partial charge < -0.3 is 5.73 Å². The number of rotatable bonds is 4. The molecule has 0 radical (unpaired) electrons. The van der Waals surface area contributed by atoms with Gasteiger partial charge in [-0.15, -0.1) is 0 Å². The molecule has 0 amide bonds. The van der Waals surface area contributed by atoms with Gasteiger partial charge in [0.15, 0.2) is 0 Å². The van der Waals surface area contributed by atoms with Crippen molar-refractivity contribution in [3.8, 4) is 0 Å². The minimum atomic E-state index is 0.440. The van der Waals surface area contributed by atoms with E-state index in [2.05, 4.69) is 63.2 Å². The molecule has 2 aromatic rings. The van der Waals surface area contributed by atoms with Crippen molar-refractivity contribution >= 4 is 0 Å². The van der Waals surface area contributed by atoms with Gasteiger partial charge in [-0.2, -0.15) is 0 Å². The highest BCUT2D eigenvalue weighted by atomic mass is 14.5. The molecule has 2 N–H and O–H groups in total. The number of hydrogen-bond acceptors (Lipinski definition) is 1. The van der Waals surface area contributed by atoms with E-state index in [9.17, 15) is 0 Å². The molecule has 0 aliphatic heterocycles. The SMILES string of the molecule is Cc1ccc(Cc2ccc(C(C)CN)cc2)cc1C.